The number of carbonyl (C=O) groups excluding carboxylic acids is 1. The van der Waals surface area contributed by atoms with Crippen LogP contribution < -0.4 is 10.6 Å². The van der Waals surface area contributed by atoms with Crippen molar-refractivity contribution in [1.82, 2.24) is 15.8 Å². The first-order chi connectivity index (χ1) is 10.7. The topological polar surface area (TPSA) is 67.2 Å². The molecule has 3 rings (SSSR count). The predicted octanol–water partition coefficient (Wildman–Crippen LogP) is 2.21. The molecule has 1 amide bonds. The van der Waals surface area contributed by atoms with Crippen molar-refractivity contribution in [1.29, 1.82) is 0 Å². The van der Waals surface area contributed by atoms with Gasteiger partial charge in [0.05, 0.1) is 17.8 Å². The molecule has 0 unspecified atom stereocenters. The van der Waals surface area contributed by atoms with E-state index in [1.54, 1.807) is 12.1 Å². The Morgan fingerprint density at radius 1 is 1.32 bits per heavy atom. The van der Waals surface area contributed by atoms with E-state index in [0.29, 0.717) is 25.6 Å². The predicted molar refractivity (Wildman–Crippen MR) is 78.9 cm³/mol. The highest BCUT2D eigenvalue weighted by Gasteiger charge is 2.26. The highest BCUT2D eigenvalue weighted by molar-refractivity contribution is 5.94. The number of benzene rings is 1. The Balaban J connectivity index is 1.36. The summed E-state index contributed by atoms with van der Waals surface area (Å²) in [5.41, 5.74) is 1.09. The maximum Gasteiger partial charge on any atom is 0.254 e. The first-order valence-corrected chi connectivity index (χ1v) is 7.43. The molecule has 0 aliphatic heterocycles. The van der Waals surface area contributed by atoms with Gasteiger partial charge < -0.3 is 15.2 Å². The largest absolute Gasteiger partial charge is 0.360 e. The first-order valence-electron chi connectivity index (χ1n) is 7.43. The number of hydrogen-bond acceptors (Lipinski definition) is 4. The van der Waals surface area contributed by atoms with Gasteiger partial charge in [0.1, 0.15) is 5.82 Å². The minimum atomic E-state index is -0.512. The number of nitrogens with zero attached hydrogens (tertiary/aromatic N) is 1. The average molecular weight is 303 g/mol. The molecule has 1 aromatic carbocycles. The lowest BCUT2D eigenvalue weighted by Gasteiger charge is -2.06. The van der Waals surface area contributed by atoms with Gasteiger partial charge in [0.2, 0.25) is 0 Å². The van der Waals surface area contributed by atoms with Gasteiger partial charge in [0.15, 0.2) is 5.76 Å². The van der Waals surface area contributed by atoms with Crippen molar-refractivity contribution in [2.45, 2.75) is 25.3 Å². The molecular formula is C16H18FN3O2. The van der Waals surface area contributed by atoms with Gasteiger partial charge in [-0.25, -0.2) is 4.39 Å². The molecule has 1 aliphatic rings. The molecule has 0 atom stereocenters. The SMILES string of the molecule is O=C(NCCNCc1cc(C2CC2)no1)c1ccccc1F. The molecule has 5 nitrogen and oxygen atoms in total. The van der Waals surface area contributed by atoms with Crippen molar-refractivity contribution < 1.29 is 13.7 Å². The number of amides is 1. The third kappa shape index (κ3) is 3.71. The van der Waals surface area contributed by atoms with Gasteiger partial charge >= 0.3 is 0 Å². The molecule has 0 spiro atoms. The van der Waals surface area contributed by atoms with Crippen molar-refractivity contribution in [2.75, 3.05) is 13.1 Å². The maximum absolute atomic E-state index is 13.4. The van der Waals surface area contributed by atoms with E-state index in [4.69, 9.17) is 4.52 Å². The van der Waals surface area contributed by atoms with E-state index in [9.17, 15) is 9.18 Å². The van der Waals surface area contributed by atoms with Gasteiger partial charge in [-0.05, 0) is 25.0 Å². The molecule has 1 heterocycles. The third-order valence-corrected chi connectivity index (χ3v) is 3.58. The number of rotatable bonds is 7. The summed E-state index contributed by atoms with van der Waals surface area (Å²) in [7, 11) is 0. The quantitative estimate of drug-likeness (QED) is 0.770. The summed E-state index contributed by atoms with van der Waals surface area (Å²) in [5.74, 6) is 0.456. The molecular weight excluding hydrogens is 285 g/mol. The zero-order valence-electron chi connectivity index (χ0n) is 12.1. The van der Waals surface area contributed by atoms with Crippen LogP contribution >= 0.6 is 0 Å². The molecule has 116 valence electrons. The summed E-state index contributed by atoms with van der Waals surface area (Å²) >= 11 is 0. The molecule has 22 heavy (non-hydrogen) atoms. The standard InChI is InChI=1S/C16H18FN3O2/c17-14-4-2-1-3-13(14)16(21)19-8-7-18-10-12-9-15(20-22-12)11-5-6-11/h1-4,9,11,18H,5-8,10H2,(H,19,21). The van der Waals surface area contributed by atoms with E-state index in [0.717, 1.165) is 11.5 Å². The van der Waals surface area contributed by atoms with Crippen LogP contribution in [0.4, 0.5) is 4.39 Å². The van der Waals surface area contributed by atoms with E-state index in [-0.39, 0.29) is 5.56 Å². The van der Waals surface area contributed by atoms with Crippen LogP contribution in [0, 0.1) is 5.82 Å². The Hall–Kier alpha value is -2.21. The van der Waals surface area contributed by atoms with Crippen LogP contribution in [0.1, 0.15) is 40.6 Å². The Kier molecular flexibility index (Phi) is 4.48. The van der Waals surface area contributed by atoms with Crippen molar-refractivity contribution in [3.05, 3.63) is 53.2 Å². The second kappa shape index (κ2) is 6.70. The van der Waals surface area contributed by atoms with Crippen LogP contribution in [0.5, 0.6) is 0 Å². The van der Waals surface area contributed by atoms with E-state index < -0.39 is 11.7 Å². The number of nitrogens with one attached hydrogen (secondary N) is 2. The fourth-order valence-corrected chi connectivity index (χ4v) is 2.20. The second-order valence-electron chi connectivity index (χ2n) is 5.40. The van der Waals surface area contributed by atoms with Crippen LogP contribution in [-0.2, 0) is 6.54 Å². The lowest BCUT2D eigenvalue weighted by Crippen LogP contribution is -2.32. The number of hydrogen-bond donors (Lipinski definition) is 2. The van der Waals surface area contributed by atoms with Gasteiger partial charge in [-0.2, -0.15) is 0 Å². The number of carbonyl (C=O) groups is 1. The average Bonchev–Trinajstić information content (AvgIpc) is 3.27. The first kappa shape index (κ1) is 14.7. The third-order valence-electron chi connectivity index (χ3n) is 3.58. The molecule has 1 fully saturated rings. The summed E-state index contributed by atoms with van der Waals surface area (Å²) in [6, 6.07) is 7.90. The monoisotopic (exact) mass is 303 g/mol. The normalized spacial score (nSPS) is 14.0. The maximum atomic E-state index is 13.4. The fourth-order valence-electron chi connectivity index (χ4n) is 2.20. The van der Waals surface area contributed by atoms with E-state index in [1.807, 2.05) is 6.07 Å². The molecule has 1 saturated carbocycles. The summed E-state index contributed by atoms with van der Waals surface area (Å²) in [6.45, 7) is 1.55. The van der Waals surface area contributed by atoms with Crippen LogP contribution in [0.15, 0.2) is 34.9 Å². The summed E-state index contributed by atoms with van der Waals surface area (Å²) < 4.78 is 18.6. The van der Waals surface area contributed by atoms with Crippen molar-refractivity contribution in [3.63, 3.8) is 0 Å². The molecule has 6 heteroatoms. The van der Waals surface area contributed by atoms with Crippen LogP contribution in [0.25, 0.3) is 0 Å². The Morgan fingerprint density at radius 3 is 2.91 bits per heavy atom. The van der Waals surface area contributed by atoms with E-state index in [1.165, 1.54) is 25.0 Å². The van der Waals surface area contributed by atoms with Crippen LogP contribution in [0.3, 0.4) is 0 Å². The Bertz CT molecular complexity index is 652. The highest BCUT2D eigenvalue weighted by atomic mass is 19.1. The van der Waals surface area contributed by atoms with Crippen molar-refractivity contribution >= 4 is 5.91 Å². The molecule has 1 aliphatic carbocycles. The number of halogens is 1. The smallest absolute Gasteiger partial charge is 0.254 e. The Morgan fingerprint density at radius 2 is 2.14 bits per heavy atom. The molecule has 0 radical (unpaired) electrons. The lowest BCUT2D eigenvalue weighted by atomic mass is 10.2. The van der Waals surface area contributed by atoms with Gasteiger partial charge in [-0.1, -0.05) is 17.3 Å². The molecule has 2 aromatic rings. The Labute approximate surface area is 127 Å². The van der Waals surface area contributed by atoms with Crippen LogP contribution in [0.2, 0.25) is 0 Å². The minimum absolute atomic E-state index is 0.0619. The molecule has 0 saturated heterocycles. The molecule has 1 aromatic heterocycles. The summed E-state index contributed by atoms with van der Waals surface area (Å²) in [4.78, 5) is 11.8. The van der Waals surface area contributed by atoms with Gasteiger partial charge in [-0.15, -0.1) is 0 Å². The van der Waals surface area contributed by atoms with Crippen LogP contribution in [-0.4, -0.2) is 24.2 Å². The van der Waals surface area contributed by atoms with Crippen molar-refractivity contribution in [3.8, 4) is 0 Å². The zero-order valence-corrected chi connectivity index (χ0v) is 12.1. The highest BCUT2D eigenvalue weighted by Crippen LogP contribution is 2.39. The van der Waals surface area contributed by atoms with Crippen molar-refractivity contribution in [2.24, 2.45) is 0 Å². The summed E-state index contributed by atoms with van der Waals surface area (Å²) in [5, 5.41) is 9.85. The van der Waals surface area contributed by atoms with E-state index >= 15 is 0 Å². The minimum Gasteiger partial charge on any atom is -0.360 e. The zero-order chi connectivity index (χ0) is 15.4. The van der Waals surface area contributed by atoms with Gasteiger partial charge in [-0.3, -0.25) is 4.79 Å². The number of aromatic nitrogens is 1. The van der Waals surface area contributed by atoms with E-state index in [2.05, 4.69) is 15.8 Å². The van der Waals surface area contributed by atoms with Gasteiger partial charge in [0.25, 0.3) is 5.91 Å². The molecule has 0 bridgehead atoms. The molecule has 2 N–H and O–H groups in total. The second-order valence-corrected chi connectivity index (χ2v) is 5.40. The summed E-state index contributed by atoms with van der Waals surface area (Å²) in [6.07, 6.45) is 2.39. The van der Waals surface area contributed by atoms with Gasteiger partial charge in [0, 0.05) is 25.1 Å². The fraction of sp³-hybridized carbons (Fsp3) is 0.375. The lowest BCUT2D eigenvalue weighted by molar-refractivity contribution is 0.0950.